The second-order valence-corrected chi connectivity index (χ2v) is 6.55. The highest BCUT2D eigenvalue weighted by molar-refractivity contribution is 5.97. The van der Waals surface area contributed by atoms with E-state index in [1.54, 1.807) is 24.3 Å². The van der Waals surface area contributed by atoms with Crippen LogP contribution >= 0.6 is 0 Å². The zero-order valence-electron chi connectivity index (χ0n) is 15.1. The molecule has 27 heavy (non-hydrogen) atoms. The lowest BCUT2D eigenvalue weighted by Crippen LogP contribution is -2.51. The maximum absolute atomic E-state index is 12.0. The highest BCUT2D eigenvalue weighted by atomic mass is 16.5. The Kier molecular flexibility index (Phi) is 5.54. The largest absolute Gasteiger partial charge is 0.457 e. The Labute approximate surface area is 158 Å². The van der Waals surface area contributed by atoms with Crippen LogP contribution in [0.2, 0.25) is 0 Å². The molecule has 0 fully saturated rings. The molecule has 0 aliphatic rings. The van der Waals surface area contributed by atoms with Crippen LogP contribution in [-0.4, -0.2) is 23.2 Å². The van der Waals surface area contributed by atoms with E-state index in [0.717, 1.165) is 16.9 Å². The smallest absolute Gasteiger partial charge is 0.246 e. The molecule has 0 bridgehead atoms. The minimum Gasteiger partial charge on any atom is -0.457 e. The summed E-state index contributed by atoms with van der Waals surface area (Å²) in [5.41, 5.74) is 7.24. The number of nitrogens with two attached hydrogens (primary N) is 1. The monoisotopic (exact) mass is 362 g/mol. The molecule has 0 aliphatic carbocycles. The number of benzene rings is 3. The van der Waals surface area contributed by atoms with Crippen LogP contribution < -0.4 is 15.8 Å². The standard InChI is InChI=1S/C22H22N2O3/c1-22(23,15-25)21(26)24-18-9-13-20(14-10-18)27-19-11-7-17(8-12-19)16-5-3-2-4-6-16/h2-14,25H,15,23H2,1H3,(H,24,26)/t22-/m1/s1. The normalized spacial score (nSPS) is 12.9. The van der Waals surface area contributed by atoms with Gasteiger partial charge < -0.3 is 20.9 Å². The van der Waals surface area contributed by atoms with Gasteiger partial charge in [0, 0.05) is 5.69 Å². The van der Waals surface area contributed by atoms with Gasteiger partial charge in [-0.2, -0.15) is 0 Å². The fourth-order valence-electron chi connectivity index (χ4n) is 2.43. The molecule has 0 heterocycles. The van der Waals surface area contributed by atoms with Crippen molar-refractivity contribution < 1.29 is 14.6 Å². The number of nitrogens with one attached hydrogen (secondary N) is 1. The van der Waals surface area contributed by atoms with E-state index in [0.29, 0.717) is 11.4 Å². The predicted molar refractivity (Wildman–Crippen MR) is 107 cm³/mol. The van der Waals surface area contributed by atoms with Crippen molar-refractivity contribution >= 4 is 11.6 Å². The number of rotatable bonds is 6. The summed E-state index contributed by atoms with van der Waals surface area (Å²) in [5.74, 6) is 0.926. The van der Waals surface area contributed by atoms with Crippen molar-refractivity contribution in [2.45, 2.75) is 12.5 Å². The lowest BCUT2D eigenvalue weighted by Gasteiger charge is -2.20. The van der Waals surface area contributed by atoms with Crippen molar-refractivity contribution in [3.8, 4) is 22.6 Å². The Morgan fingerprint density at radius 2 is 1.44 bits per heavy atom. The molecule has 3 aromatic rings. The van der Waals surface area contributed by atoms with Crippen molar-refractivity contribution in [1.82, 2.24) is 0 Å². The zero-order valence-corrected chi connectivity index (χ0v) is 15.1. The van der Waals surface area contributed by atoms with Crippen LogP contribution in [0.4, 0.5) is 5.69 Å². The number of aliphatic hydroxyl groups excluding tert-OH is 1. The topological polar surface area (TPSA) is 84.6 Å². The van der Waals surface area contributed by atoms with Gasteiger partial charge in [0.15, 0.2) is 0 Å². The number of carbonyl (C=O) groups is 1. The second kappa shape index (κ2) is 8.03. The van der Waals surface area contributed by atoms with E-state index in [2.05, 4.69) is 17.4 Å². The van der Waals surface area contributed by atoms with Gasteiger partial charge in [0.1, 0.15) is 17.0 Å². The number of anilines is 1. The highest BCUT2D eigenvalue weighted by Gasteiger charge is 2.27. The Morgan fingerprint density at radius 3 is 2.00 bits per heavy atom. The fourth-order valence-corrected chi connectivity index (χ4v) is 2.43. The first kappa shape index (κ1) is 18.6. The molecule has 4 N–H and O–H groups in total. The van der Waals surface area contributed by atoms with Crippen LogP contribution in [0, 0.1) is 0 Å². The molecule has 0 saturated heterocycles. The van der Waals surface area contributed by atoms with Crippen molar-refractivity contribution in [3.63, 3.8) is 0 Å². The van der Waals surface area contributed by atoms with Crippen LogP contribution in [0.15, 0.2) is 78.9 Å². The molecule has 0 unspecified atom stereocenters. The maximum atomic E-state index is 12.0. The van der Waals surface area contributed by atoms with Crippen LogP contribution in [0.3, 0.4) is 0 Å². The maximum Gasteiger partial charge on any atom is 0.246 e. The quantitative estimate of drug-likeness (QED) is 0.623. The minimum atomic E-state index is -1.32. The third kappa shape index (κ3) is 4.73. The van der Waals surface area contributed by atoms with Crippen LogP contribution in [0.25, 0.3) is 11.1 Å². The summed E-state index contributed by atoms with van der Waals surface area (Å²) in [6, 6.07) is 24.9. The van der Waals surface area contributed by atoms with E-state index in [9.17, 15) is 4.79 Å². The SMILES string of the molecule is C[C@@](N)(CO)C(=O)Nc1ccc(Oc2ccc(-c3ccccc3)cc2)cc1. The number of carbonyl (C=O) groups excluding carboxylic acids is 1. The molecule has 0 radical (unpaired) electrons. The van der Waals surface area contributed by atoms with E-state index < -0.39 is 18.1 Å². The average molecular weight is 362 g/mol. The third-order valence-electron chi connectivity index (χ3n) is 4.16. The Balaban J connectivity index is 1.64. The van der Waals surface area contributed by atoms with Crippen molar-refractivity contribution in [2.75, 3.05) is 11.9 Å². The third-order valence-corrected chi connectivity index (χ3v) is 4.16. The number of aliphatic hydroxyl groups is 1. The summed E-state index contributed by atoms with van der Waals surface area (Å²) in [6.07, 6.45) is 0. The molecular formula is C22H22N2O3. The van der Waals surface area contributed by atoms with E-state index >= 15 is 0 Å². The predicted octanol–water partition coefficient (Wildman–Crippen LogP) is 3.79. The molecule has 0 aromatic heterocycles. The van der Waals surface area contributed by atoms with E-state index in [1.165, 1.54) is 6.92 Å². The number of amides is 1. The second-order valence-electron chi connectivity index (χ2n) is 6.55. The van der Waals surface area contributed by atoms with Gasteiger partial charge in [-0.1, -0.05) is 42.5 Å². The molecule has 1 atom stereocenters. The van der Waals surface area contributed by atoms with Gasteiger partial charge in [-0.25, -0.2) is 0 Å². The summed E-state index contributed by atoms with van der Waals surface area (Å²) < 4.78 is 5.84. The van der Waals surface area contributed by atoms with Crippen LogP contribution in [-0.2, 0) is 4.79 Å². The Morgan fingerprint density at radius 1 is 0.926 bits per heavy atom. The van der Waals surface area contributed by atoms with Crippen molar-refractivity contribution in [1.29, 1.82) is 0 Å². The van der Waals surface area contributed by atoms with Crippen molar-refractivity contribution in [3.05, 3.63) is 78.9 Å². The number of ether oxygens (including phenoxy) is 1. The van der Waals surface area contributed by atoms with Gasteiger partial charge in [-0.05, 0) is 54.4 Å². The van der Waals surface area contributed by atoms with Crippen LogP contribution in [0.5, 0.6) is 11.5 Å². The Bertz CT molecular complexity index is 889. The molecule has 1 amide bonds. The molecule has 0 aliphatic heterocycles. The lowest BCUT2D eigenvalue weighted by atomic mass is 10.0. The fraction of sp³-hybridized carbons (Fsp3) is 0.136. The molecule has 138 valence electrons. The van der Waals surface area contributed by atoms with Crippen molar-refractivity contribution in [2.24, 2.45) is 5.73 Å². The molecule has 3 aromatic carbocycles. The van der Waals surface area contributed by atoms with Gasteiger partial charge in [-0.3, -0.25) is 4.79 Å². The summed E-state index contributed by atoms with van der Waals surface area (Å²) in [6.45, 7) is 1.04. The number of hydrogen-bond acceptors (Lipinski definition) is 4. The molecule has 5 nitrogen and oxygen atoms in total. The van der Waals surface area contributed by atoms with E-state index in [1.807, 2.05) is 42.5 Å². The molecular weight excluding hydrogens is 340 g/mol. The zero-order chi connectivity index (χ0) is 19.3. The summed E-state index contributed by atoms with van der Waals surface area (Å²) in [7, 11) is 0. The van der Waals surface area contributed by atoms with Gasteiger partial charge in [0.25, 0.3) is 0 Å². The van der Waals surface area contributed by atoms with Gasteiger partial charge >= 0.3 is 0 Å². The molecule has 0 saturated carbocycles. The molecule has 0 spiro atoms. The average Bonchev–Trinajstić information content (AvgIpc) is 2.70. The first-order chi connectivity index (χ1) is 13.0. The first-order valence-electron chi connectivity index (χ1n) is 8.62. The lowest BCUT2D eigenvalue weighted by molar-refractivity contribution is -0.121. The minimum absolute atomic E-state index is 0.432. The summed E-state index contributed by atoms with van der Waals surface area (Å²) in [5, 5.41) is 11.8. The van der Waals surface area contributed by atoms with Gasteiger partial charge in [-0.15, -0.1) is 0 Å². The van der Waals surface area contributed by atoms with Gasteiger partial charge in [0.2, 0.25) is 5.91 Å². The van der Waals surface area contributed by atoms with E-state index in [4.69, 9.17) is 15.6 Å². The highest BCUT2D eigenvalue weighted by Crippen LogP contribution is 2.26. The summed E-state index contributed by atoms with van der Waals surface area (Å²) in [4.78, 5) is 12.0. The number of hydrogen-bond donors (Lipinski definition) is 3. The summed E-state index contributed by atoms with van der Waals surface area (Å²) >= 11 is 0. The van der Waals surface area contributed by atoms with Gasteiger partial charge in [0.05, 0.1) is 6.61 Å². The molecule has 5 heteroatoms. The van der Waals surface area contributed by atoms with Crippen LogP contribution in [0.1, 0.15) is 6.92 Å². The molecule has 3 rings (SSSR count). The first-order valence-corrected chi connectivity index (χ1v) is 8.62. The Hall–Kier alpha value is -3.15. The van der Waals surface area contributed by atoms with E-state index in [-0.39, 0.29) is 0 Å².